The van der Waals surface area contributed by atoms with Crippen LogP contribution in [0.2, 0.25) is 0 Å². The predicted molar refractivity (Wildman–Crippen MR) is 67.3 cm³/mol. The lowest BCUT2D eigenvalue weighted by Gasteiger charge is -2.16. The molecule has 2 nitrogen and oxygen atoms in total. The number of nitrogens with one attached hydrogen (secondary N) is 1. The molecule has 0 heterocycles. The van der Waals surface area contributed by atoms with Crippen LogP contribution >= 0.6 is 0 Å². The maximum Gasteiger partial charge on any atom is 0.0696 e. The number of likely N-dealkylation sites (N-methyl/N-ethyl adjacent to an activating group) is 1. The Balaban J connectivity index is 3.22. The quantitative estimate of drug-likeness (QED) is 0.534. The normalized spacial score (nSPS) is 13.0. The summed E-state index contributed by atoms with van der Waals surface area (Å²) in [6.45, 7) is 9.56. The number of hydrogen-bond donors (Lipinski definition) is 1. The molecule has 0 aliphatic carbocycles. The van der Waals surface area contributed by atoms with E-state index in [9.17, 15) is 0 Å². The van der Waals surface area contributed by atoms with Crippen molar-refractivity contribution in [2.24, 2.45) is 0 Å². The molecule has 0 amide bonds. The van der Waals surface area contributed by atoms with Crippen molar-refractivity contribution in [1.82, 2.24) is 5.32 Å². The Bertz CT molecular complexity index is 117. The van der Waals surface area contributed by atoms with Crippen LogP contribution in [-0.2, 0) is 4.74 Å². The minimum atomic E-state index is 0.413. The summed E-state index contributed by atoms with van der Waals surface area (Å²) >= 11 is 0. The van der Waals surface area contributed by atoms with Gasteiger partial charge in [0.15, 0.2) is 0 Å². The second kappa shape index (κ2) is 12.0. The molecule has 0 bridgehead atoms. The van der Waals surface area contributed by atoms with Gasteiger partial charge in [-0.25, -0.2) is 0 Å². The Morgan fingerprint density at radius 2 is 1.73 bits per heavy atom. The first-order valence-electron chi connectivity index (χ1n) is 6.67. The molecule has 0 saturated carbocycles. The van der Waals surface area contributed by atoms with Crippen molar-refractivity contribution in [3.8, 4) is 0 Å². The van der Waals surface area contributed by atoms with Gasteiger partial charge in [0.25, 0.3) is 0 Å². The minimum absolute atomic E-state index is 0.413. The largest absolute Gasteiger partial charge is 0.377 e. The molecule has 1 N–H and O–H groups in total. The van der Waals surface area contributed by atoms with E-state index in [2.05, 4.69) is 26.1 Å². The molecule has 15 heavy (non-hydrogen) atoms. The zero-order valence-corrected chi connectivity index (χ0v) is 10.8. The highest BCUT2D eigenvalue weighted by atomic mass is 16.5. The summed E-state index contributed by atoms with van der Waals surface area (Å²) in [6, 6.07) is 0. The first kappa shape index (κ1) is 14.9. The van der Waals surface area contributed by atoms with Crippen LogP contribution in [0.25, 0.3) is 0 Å². The third kappa shape index (κ3) is 10.2. The smallest absolute Gasteiger partial charge is 0.0696 e. The van der Waals surface area contributed by atoms with Gasteiger partial charge in [-0.2, -0.15) is 0 Å². The molecule has 0 aliphatic rings. The summed E-state index contributed by atoms with van der Waals surface area (Å²) in [7, 11) is 0. The molecule has 0 radical (unpaired) electrons. The average molecular weight is 215 g/mol. The zero-order valence-electron chi connectivity index (χ0n) is 10.8. The first-order valence-corrected chi connectivity index (χ1v) is 6.67. The molecule has 0 fully saturated rings. The molecule has 0 aromatic rings. The highest BCUT2D eigenvalue weighted by Crippen LogP contribution is 2.04. The fraction of sp³-hybridized carbons (Fsp3) is 1.00. The Kier molecular flexibility index (Phi) is 11.9. The van der Waals surface area contributed by atoms with E-state index < -0.39 is 0 Å². The van der Waals surface area contributed by atoms with Crippen LogP contribution in [0.4, 0.5) is 0 Å². The van der Waals surface area contributed by atoms with Crippen molar-refractivity contribution in [2.75, 3.05) is 19.7 Å². The first-order chi connectivity index (χ1) is 7.35. The second-order valence-electron chi connectivity index (χ2n) is 4.12. The highest BCUT2D eigenvalue weighted by molar-refractivity contribution is 4.58. The lowest BCUT2D eigenvalue weighted by molar-refractivity contribution is 0.0485. The van der Waals surface area contributed by atoms with Gasteiger partial charge in [-0.1, -0.05) is 46.5 Å². The molecule has 0 aromatic carbocycles. The molecule has 0 saturated heterocycles. The van der Waals surface area contributed by atoms with E-state index in [0.717, 1.165) is 26.1 Å². The number of unbranched alkanes of at least 4 members (excludes halogenated alkanes) is 4. The summed E-state index contributed by atoms with van der Waals surface area (Å²) in [5.74, 6) is 0. The standard InChI is InChI=1S/C13H29NO/c1-4-7-8-9-10-11-15-13(5-2)12-14-6-3/h13-14H,4-12H2,1-3H3. The van der Waals surface area contributed by atoms with E-state index in [4.69, 9.17) is 4.74 Å². The van der Waals surface area contributed by atoms with Crippen LogP contribution < -0.4 is 5.32 Å². The van der Waals surface area contributed by atoms with Gasteiger partial charge in [-0.15, -0.1) is 0 Å². The molecule has 92 valence electrons. The van der Waals surface area contributed by atoms with Gasteiger partial charge < -0.3 is 10.1 Å². The summed E-state index contributed by atoms with van der Waals surface area (Å²) in [6.07, 6.45) is 8.13. The van der Waals surface area contributed by atoms with E-state index >= 15 is 0 Å². The molecular weight excluding hydrogens is 186 g/mol. The van der Waals surface area contributed by atoms with Gasteiger partial charge in [0.1, 0.15) is 0 Å². The summed E-state index contributed by atoms with van der Waals surface area (Å²) in [5, 5.41) is 3.34. The van der Waals surface area contributed by atoms with Crippen molar-refractivity contribution >= 4 is 0 Å². The van der Waals surface area contributed by atoms with Crippen LogP contribution in [-0.4, -0.2) is 25.8 Å². The van der Waals surface area contributed by atoms with Crippen molar-refractivity contribution in [1.29, 1.82) is 0 Å². The Labute approximate surface area is 95.8 Å². The lowest BCUT2D eigenvalue weighted by Crippen LogP contribution is -2.28. The summed E-state index contributed by atoms with van der Waals surface area (Å²) < 4.78 is 5.81. The van der Waals surface area contributed by atoms with Crippen molar-refractivity contribution in [2.45, 2.75) is 65.4 Å². The van der Waals surface area contributed by atoms with Gasteiger partial charge in [0, 0.05) is 13.2 Å². The average Bonchev–Trinajstić information content (AvgIpc) is 2.27. The minimum Gasteiger partial charge on any atom is -0.377 e. The molecule has 0 aliphatic heterocycles. The van der Waals surface area contributed by atoms with E-state index in [0.29, 0.717) is 6.10 Å². The molecule has 2 heteroatoms. The van der Waals surface area contributed by atoms with Crippen LogP contribution in [0.3, 0.4) is 0 Å². The van der Waals surface area contributed by atoms with Crippen LogP contribution in [0.15, 0.2) is 0 Å². The fourth-order valence-corrected chi connectivity index (χ4v) is 1.58. The number of hydrogen-bond acceptors (Lipinski definition) is 2. The summed E-state index contributed by atoms with van der Waals surface area (Å²) in [5.41, 5.74) is 0. The van der Waals surface area contributed by atoms with E-state index in [1.807, 2.05) is 0 Å². The van der Waals surface area contributed by atoms with E-state index in [1.165, 1.54) is 32.1 Å². The SMILES string of the molecule is CCCCCCCOC(CC)CNCC. The zero-order chi connectivity index (χ0) is 11.4. The third-order valence-electron chi connectivity index (χ3n) is 2.68. The Hall–Kier alpha value is -0.0800. The number of rotatable bonds is 11. The van der Waals surface area contributed by atoms with E-state index in [1.54, 1.807) is 0 Å². The third-order valence-corrected chi connectivity index (χ3v) is 2.68. The predicted octanol–water partition coefficient (Wildman–Crippen LogP) is 3.36. The molecule has 1 atom stereocenters. The maximum atomic E-state index is 5.81. The fourth-order valence-electron chi connectivity index (χ4n) is 1.58. The number of ether oxygens (including phenoxy) is 1. The van der Waals surface area contributed by atoms with Gasteiger partial charge in [0.05, 0.1) is 6.10 Å². The van der Waals surface area contributed by atoms with Crippen molar-refractivity contribution in [3.05, 3.63) is 0 Å². The van der Waals surface area contributed by atoms with Gasteiger partial charge in [0.2, 0.25) is 0 Å². The molecule has 1 unspecified atom stereocenters. The van der Waals surface area contributed by atoms with Crippen molar-refractivity contribution < 1.29 is 4.74 Å². The maximum absolute atomic E-state index is 5.81. The molecular formula is C13H29NO. The Morgan fingerprint density at radius 1 is 1.00 bits per heavy atom. The second-order valence-corrected chi connectivity index (χ2v) is 4.12. The van der Waals surface area contributed by atoms with Crippen molar-refractivity contribution in [3.63, 3.8) is 0 Å². The lowest BCUT2D eigenvalue weighted by atomic mass is 10.2. The van der Waals surface area contributed by atoms with E-state index in [-0.39, 0.29) is 0 Å². The van der Waals surface area contributed by atoms with Gasteiger partial charge in [-0.3, -0.25) is 0 Å². The Morgan fingerprint density at radius 3 is 2.33 bits per heavy atom. The van der Waals surface area contributed by atoms with Crippen LogP contribution in [0, 0.1) is 0 Å². The molecule has 0 rings (SSSR count). The van der Waals surface area contributed by atoms with Gasteiger partial charge in [-0.05, 0) is 19.4 Å². The molecule has 0 spiro atoms. The topological polar surface area (TPSA) is 21.3 Å². The highest BCUT2D eigenvalue weighted by Gasteiger charge is 2.04. The monoisotopic (exact) mass is 215 g/mol. The van der Waals surface area contributed by atoms with Crippen LogP contribution in [0.1, 0.15) is 59.3 Å². The summed E-state index contributed by atoms with van der Waals surface area (Å²) in [4.78, 5) is 0. The van der Waals surface area contributed by atoms with Gasteiger partial charge >= 0.3 is 0 Å². The van der Waals surface area contributed by atoms with Crippen LogP contribution in [0.5, 0.6) is 0 Å². The molecule has 0 aromatic heterocycles.